The Balaban J connectivity index is 1.92. The van der Waals surface area contributed by atoms with Gasteiger partial charge in [-0.2, -0.15) is 0 Å². The van der Waals surface area contributed by atoms with Gasteiger partial charge in [-0.05, 0) is 40.3 Å². The first-order valence-electron chi connectivity index (χ1n) is 10.1. The van der Waals surface area contributed by atoms with Gasteiger partial charge in [0, 0.05) is 17.5 Å². The number of carboxylic acids is 1. The first kappa shape index (κ1) is 23.6. The number of aliphatic hydroxyl groups excluding tert-OH is 1. The van der Waals surface area contributed by atoms with Crippen LogP contribution in [0.2, 0.25) is 0 Å². The number of benzene rings is 1. The molecule has 1 aromatic carbocycles. The normalized spacial score (nSPS) is 12.5. The number of carbonyl (C=O) groups is 1. The van der Waals surface area contributed by atoms with Gasteiger partial charge >= 0.3 is 14.0 Å². The summed E-state index contributed by atoms with van der Waals surface area (Å²) in [5.74, 6) is 4.67. The molecule has 0 fully saturated rings. The molecular formula is C24H24FNO5P+. The quantitative estimate of drug-likeness (QED) is 0.375. The molecule has 2 aromatic heterocycles. The number of aromatic nitrogens is 1. The summed E-state index contributed by atoms with van der Waals surface area (Å²) in [4.78, 5) is 10.6. The van der Waals surface area contributed by atoms with E-state index in [0.29, 0.717) is 0 Å². The molecule has 0 spiro atoms. The lowest BCUT2D eigenvalue weighted by molar-refractivity contribution is -0.138. The Morgan fingerprint density at radius 1 is 1.22 bits per heavy atom. The molecule has 3 rings (SSSR count). The Labute approximate surface area is 186 Å². The van der Waals surface area contributed by atoms with Crippen LogP contribution >= 0.6 is 8.03 Å². The summed E-state index contributed by atoms with van der Waals surface area (Å²) in [6.45, 7) is 3.98. The fourth-order valence-electron chi connectivity index (χ4n) is 3.56. The van der Waals surface area contributed by atoms with Crippen LogP contribution in [0, 0.1) is 17.7 Å². The zero-order chi connectivity index (χ0) is 23.3. The van der Waals surface area contributed by atoms with Gasteiger partial charge in [0.15, 0.2) is 6.61 Å². The van der Waals surface area contributed by atoms with Gasteiger partial charge < -0.3 is 14.6 Å². The number of aliphatic hydroxyl groups is 1. The molecule has 2 heterocycles. The Morgan fingerprint density at radius 3 is 2.59 bits per heavy atom. The molecule has 2 unspecified atom stereocenters. The molecule has 0 saturated carbocycles. The van der Waals surface area contributed by atoms with Gasteiger partial charge in [-0.1, -0.05) is 43.9 Å². The van der Waals surface area contributed by atoms with Crippen LogP contribution < -0.4 is 0 Å². The minimum absolute atomic E-state index is 0.137. The maximum absolute atomic E-state index is 13.5. The lowest BCUT2D eigenvalue weighted by atomic mass is 9.98. The largest absolute Gasteiger partial charge is 0.511 e. The molecule has 2 atom stereocenters. The van der Waals surface area contributed by atoms with E-state index in [4.69, 9.17) is 9.63 Å². The van der Waals surface area contributed by atoms with Crippen LogP contribution in [0.15, 0.2) is 48.7 Å². The number of carboxylic acid groups (broad SMARTS) is 1. The Bertz CT molecular complexity index is 1190. The molecule has 6 nitrogen and oxygen atoms in total. The first-order chi connectivity index (χ1) is 15.3. The van der Waals surface area contributed by atoms with Crippen molar-refractivity contribution < 1.29 is 28.5 Å². The topological polar surface area (TPSA) is 88.2 Å². The van der Waals surface area contributed by atoms with Crippen LogP contribution in [-0.4, -0.2) is 39.5 Å². The molecule has 8 heteroatoms. The lowest BCUT2D eigenvalue weighted by Gasteiger charge is -2.07. The smallest absolute Gasteiger partial charge is 0.481 e. The fraction of sp³-hybridized carbons (Fsp3) is 0.292. The molecule has 0 amide bonds. The number of aliphatic carboxylic acids is 1. The Hall–Kier alpha value is -3.04. The molecular weight excluding hydrogens is 432 g/mol. The lowest BCUT2D eigenvalue weighted by Crippen LogP contribution is -2.15. The average molecular weight is 456 g/mol. The second-order valence-corrected chi connectivity index (χ2v) is 8.88. The van der Waals surface area contributed by atoms with Gasteiger partial charge in [-0.3, -0.25) is 4.79 Å². The van der Waals surface area contributed by atoms with E-state index < -0.39 is 26.5 Å². The summed E-state index contributed by atoms with van der Waals surface area (Å²) in [6, 6.07) is 12.1. The van der Waals surface area contributed by atoms with Crippen LogP contribution in [0.25, 0.3) is 16.6 Å². The number of halogens is 1. The van der Waals surface area contributed by atoms with E-state index in [9.17, 15) is 18.9 Å². The van der Waals surface area contributed by atoms with Crippen molar-refractivity contribution in [2.45, 2.75) is 32.3 Å². The second-order valence-electron chi connectivity index (χ2n) is 7.59. The maximum Gasteiger partial charge on any atom is 0.511 e. The van der Waals surface area contributed by atoms with Gasteiger partial charge in [0.25, 0.3) is 0 Å². The van der Waals surface area contributed by atoms with Crippen molar-refractivity contribution in [2.75, 3.05) is 12.8 Å². The standard InChI is InChI=1S/C24H23FNO5P/c1-16(2)24-20(6-5-13-31-32(30)15-19(27)14-22(28)29)23(17-8-10-18(25)11-9-17)21-7-3-4-12-26(21)24/h3-4,7-12,16,19,27H,13-15H2,1-2H3/p+1. The third kappa shape index (κ3) is 5.60. The second kappa shape index (κ2) is 10.5. The van der Waals surface area contributed by atoms with E-state index in [-0.39, 0.29) is 24.5 Å². The van der Waals surface area contributed by atoms with Crippen molar-refractivity contribution >= 4 is 19.5 Å². The zero-order valence-electron chi connectivity index (χ0n) is 17.8. The summed E-state index contributed by atoms with van der Waals surface area (Å²) in [5.41, 5.74) is 4.42. The summed E-state index contributed by atoms with van der Waals surface area (Å²) in [6.07, 6.45) is -0.0393. The predicted octanol–water partition coefficient (Wildman–Crippen LogP) is 4.81. The highest BCUT2D eigenvalue weighted by molar-refractivity contribution is 7.39. The number of hydrogen-bond donors (Lipinski definition) is 2. The van der Waals surface area contributed by atoms with Crippen molar-refractivity contribution in [2.24, 2.45) is 0 Å². The third-order valence-electron chi connectivity index (χ3n) is 4.83. The zero-order valence-corrected chi connectivity index (χ0v) is 18.7. The molecule has 0 aliphatic heterocycles. The van der Waals surface area contributed by atoms with Crippen LogP contribution in [0.3, 0.4) is 0 Å². The van der Waals surface area contributed by atoms with Gasteiger partial charge in [0.2, 0.25) is 6.16 Å². The highest BCUT2D eigenvalue weighted by Gasteiger charge is 2.25. The molecule has 0 radical (unpaired) electrons. The Morgan fingerprint density at radius 2 is 1.94 bits per heavy atom. The van der Waals surface area contributed by atoms with Crippen LogP contribution in [-0.2, 0) is 13.9 Å². The van der Waals surface area contributed by atoms with Crippen LogP contribution in [0.4, 0.5) is 4.39 Å². The molecule has 3 aromatic rings. The van der Waals surface area contributed by atoms with E-state index >= 15 is 0 Å². The number of rotatable bonds is 8. The number of nitrogens with zero attached hydrogens (tertiary/aromatic N) is 1. The first-order valence-corrected chi connectivity index (χ1v) is 11.5. The van der Waals surface area contributed by atoms with Crippen molar-refractivity contribution in [3.63, 3.8) is 0 Å². The van der Waals surface area contributed by atoms with E-state index in [1.54, 1.807) is 12.1 Å². The summed E-state index contributed by atoms with van der Waals surface area (Å²) >= 11 is 0. The van der Waals surface area contributed by atoms with E-state index in [1.807, 2.05) is 24.4 Å². The van der Waals surface area contributed by atoms with Crippen molar-refractivity contribution in [1.82, 2.24) is 4.40 Å². The van der Waals surface area contributed by atoms with Crippen LogP contribution in [0.1, 0.15) is 37.4 Å². The maximum atomic E-state index is 13.5. The van der Waals surface area contributed by atoms with Crippen molar-refractivity contribution in [3.8, 4) is 23.0 Å². The molecule has 166 valence electrons. The molecule has 2 N–H and O–H groups in total. The molecule has 0 saturated heterocycles. The third-order valence-corrected chi connectivity index (χ3v) is 5.96. The van der Waals surface area contributed by atoms with Gasteiger partial charge in [-0.25, -0.2) is 4.39 Å². The number of fused-ring (bicyclic) bond motifs is 1. The fourth-order valence-corrected chi connectivity index (χ4v) is 4.34. The van der Waals surface area contributed by atoms with Crippen LogP contribution in [0.5, 0.6) is 0 Å². The highest BCUT2D eigenvalue weighted by atomic mass is 31.1. The minimum atomic E-state index is -2.24. The summed E-state index contributed by atoms with van der Waals surface area (Å²) in [5, 5.41) is 18.2. The molecule has 32 heavy (non-hydrogen) atoms. The van der Waals surface area contributed by atoms with E-state index in [0.717, 1.165) is 27.9 Å². The van der Waals surface area contributed by atoms with Gasteiger partial charge in [-0.15, -0.1) is 4.52 Å². The SMILES string of the molecule is CC(C)c1c(C#CCO[P+](=O)CC(O)CC(=O)O)c(-c2ccc(F)cc2)c2ccccn12. The molecule has 0 aliphatic rings. The molecule has 0 aliphatic carbocycles. The Kier molecular flexibility index (Phi) is 7.76. The summed E-state index contributed by atoms with van der Waals surface area (Å²) < 4.78 is 32.7. The monoisotopic (exact) mass is 456 g/mol. The minimum Gasteiger partial charge on any atom is -0.481 e. The summed E-state index contributed by atoms with van der Waals surface area (Å²) in [7, 11) is -2.24. The van der Waals surface area contributed by atoms with Gasteiger partial charge in [0.05, 0.1) is 17.5 Å². The highest BCUT2D eigenvalue weighted by Crippen LogP contribution is 2.36. The van der Waals surface area contributed by atoms with Crippen molar-refractivity contribution in [3.05, 3.63) is 65.7 Å². The van der Waals surface area contributed by atoms with E-state index in [2.05, 4.69) is 30.1 Å². The number of pyridine rings is 1. The van der Waals surface area contributed by atoms with E-state index in [1.165, 1.54) is 12.1 Å². The number of hydrogen-bond acceptors (Lipinski definition) is 4. The molecule has 0 bridgehead atoms. The average Bonchev–Trinajstić information content (AvgIpc) is 3.05. The predicted molar refractivity (Wildman–Crippen MR) is 120 cm³/mol. The van der Waals surface area contributed by atoms with Gasteiger partial charge in [0.1, 0.15) is 11.9 Å². The van der Waals surface area contributed by atoms with Crippen molar-refractivity contribution in [1.29, 1.82) is 0 Å².